The molecule has 106 valence electrons. The summed E-state index contributed by atoms with van der Waals surface area (Å²) in [4.78, 5) is 2.39. The van der Waals surface area contributed by atoms with Gasteiger partial charge in [0.25, 0.3) is 0 Å². The largest absolute Gasteiger partial charge is 0.492 e. The average Bonchev–Trinajstić information content (AvgIpc) is 2.89. The van der Waals surface area contributed by atoms with Gasteiger partial charge in [-0.05, 0) is 37.1 Å². The molecule has 2 rings (SSSR count). The summed E-state index contributed by atoms with van der Waals surface area (Å²) in [6, 6.07) is 8.21. The molecular weight excluding hydrogens is 240 g/mol. The van der Waals surface area contributed by atoms with E-state index >= 15 is 0 Å². The molecule has 0 bridgehead atoms. The predicted octanol–water partition coefficient (Wildman–Crippen LogP) is 1.29. The van der Waals surface area contributed by atoms with Crippen LogP contribution in [0.15, 0.2) is 24.3 Å². The van der Waals surface area contributed by atoms with Crippen LogP contribution < -0.4 is 10.5 Å². The summed E-state index contributed by atoms with van der Waals surface area (Å²) in [6.07, 6.45) is 2.45. The summed E-state index contributed by atoms with van der Waals surface area (Å²) >= 11 is 0. The number of hydrogen-bond acceptors (Lipinski definition) is 4. The van der Waals surface area contributed by atoms with Gasteiger partial charge < -0.3 is 15.2 Å². The Balaban J connectivity index is 1.68. The quantitative estimate of drug-likeness (QED) is 0.806. The summed E-state index contributed by atoms with van der Waals surface area (Å²) in [6.45, 7) is 4.51. The van der Waals surface area contributed by atoms with Crippen LogP contribution in [0.4, 0.5) is 0 Å². The molecule has 0 aliphatic carbocycles. The summed E-state index contributed by atoms with van der Waals surface area (Å²) in [5, 5.41) is 0. The molecule has 4 nitrogen and oxygen atoms in total. The smallest absolute Gasteiger partial charge is 0.119 e. The second-order valence-electron chi connectivity index (χ2n) is 4.98. The number of hydrogen-bond donors (Lipinski definition) is 1. The molecule has 0 aromatic heterocycles. The summed E-state index contributed by atoms with van der Waals surface area (Å²) in [5.74, 6) is 0.934. The van der Waals surface area contributed by atoms with Crippen molar-refractivity contribution in [2.24, 2.45) is 5.73 Å². The van der Waals surface area contributed by atoms with Crippen molar-refractivity contribution in [3.8, 4) is 5.75 Å². The van der Waals surface area contributed by atoms with Crippen LogP contribution in [0.25, 0.3) is 0 Å². The highest BCUT2D eigenvalue weighted by Gasteiger charge is 2.21. The standard InChI is InChI=1S/C15H24N2O2/c1-18-15-7-9-17(12-15)10-11-19-14-4-2-13(3-5-14)6-8-16/h2-5,15H,6-12,16H2,1H3. The fourth-order valence-electron chi connectivity index (χ4n) is 2.40. The van der Waals surface area contributed by atoms with Crippen molar-refractivity contribution in [3.05, 3.63) is 29.8 Å². The van der Waals surface area contributed by atoms with E-state index in [1.165, 1.54) is 5.56 Å². The maximum atomic E-state index is 5.76. The van der Waals surface area contributed by atoms with Crippen molar-refractivity contribution in [3.63, 3.8) is 0 Å². The minimum absolute atomic E-state index is 0.399. The third-order valence-corrected chi connectivity index (χ3v) is 3.60. The van der Waals surface area contributed by atoms with Crippen molar-refractivity contribution in [2.45, 2.75) is 18.9 Å². The van der Waals surface area contributed by atoms with Gasteiger partial charge in [-0.3, -0.25) is 4.90 Å². The van der Waals surface area contributed by atoms with Crippen LogP contribution >= 0.6 is 0 Å². The van der Waals surface area contributed by atoms with Gasteiger partial charge in [0.05, 0.1) is 6.10 Å². The molecule has 1 unspecified atom stereocenters. The fourth-order valence-corrected chi connectivity index (χ4v) is 2.40. The number of likely N-dealkylation sites (tertiary alicyclic amines) is 1. The van der Waals surface area contributed by atoms with Crippen molar-refractivity contribution < 1.29 is 9.47 Å². The van der Waals surface area contributed by atoms with E-state index in [2.05, 4.69) is 17.0 Å². The topological polar surface area (TPSA) is 47.7 Å². The van der Waals surface area contributed by atoms with Gasteiger partial charge in [-0.25, -0.2) is 0 Å². The Labute approximate surface area is 115 Å². The van der Waals surface area contributed by atoms with Crippen LogP contribution in [-0.4, -0.2) is 50.9 Å². The first-order valence-corrected chi connectivity index (χ1v) is 6.99. The molecule has 1 fully saturated rings. The Morgan fingerprint density at radius 2 is 2.11 bits per heavy atom. The molecule has 2 N–H and O–H groups in total. The van der Waals surface area contributed by atoms with Crippen LogP contribution in [0.1, 0.15) is 12.0 Å². The first kappa shape index (κ1) is 14.3. The highest BCUT2D eigenvalue weighted by molar-refractivity contribution is 5.27. The maximum absolute atomic E-state index is 5.76. The molecule has 19 heavy (non-hydrogen) atoms. The van der Waals surface area contributed by atoms with Gasteiger partial charge in [-0.15, -0.1) is 0 Å². The molecule has 1 heterocycles. The molecular formula is C15H24N2O2. The second kappa shape index (κ2) is 7.48. The van der Waals surface area contributed by atoms with Gasteiger partial charge in [0, 0.05) is 26.7 Å². The van der Waals surface area contributed by atoms with Crippen LogP contribution in [0, 0.1) is 0 Å². The Morgan fingerprint density at radius 3 is 2.74 bits per heavy atom. The van der Waals surface area contributed by atoms with Crippen LogP contribution in [0.3, 0.4) is 0 Å². The normalized spacial score (nSPS) is 19.8. The number of nitrogens with zero attached hydrogens (tertiary/aromatic N) is 1. The van der Waals surface area contributed by atoms with E-state index in [0.29, 0.717) is 12.6 Å². The van der Waals surface area contributed by atoms with Crippen LogP contribution in [0.2, 0.25) is 0 Å². The summed E-state index contributed by atoms with van der Waals surface area (Å²) in [5.41, 5.74) is 6.79. The first-order valence-electron chi connectivity index (χ1n) is 6.99. The van der Waals surface area contributed by atoms with Gasteiger partial charge in [0.1, 0.15) is 12.4 Å². The zero-order valence-corrected chi connectivity index (χ0v) is 11.7. The number of benzene rings is 1. The lowest BCUT2D eigenvalue weighted by molar-refractivity contribution is 0.106. The van der Waals surface area contributed by atoms with E-state index < -0.39 is 0 Å². The van der Waals surface area contributed by atoms with Crippen molar-refractivity contribution in [1.29, 1.82) is 0 Å². The van der Waals surface area contributed by atoms with Gasteiger partial charge in [0.2, 0.25) is 0 Å². The van der Waals surface area contributed by atoms with Gasteiger partial charge in [-0.2, -0.15) is 0 Å². The minimum Gasteiger partial charge on any atom is -0.492 e. The SMILES string of the molecule is COC1CCN(CCOc2ccc(CCN)cc2)C1. The van der Waals surface area contributed by atoms with Crippen molar-refractivity contribution in [2.75, 3.05) is 39.9 Å². The molecule has 0 amide bonds. The van der Waals surface area contributed by atoms with Gasteiger partial charge in [-0.1, -0.05) is 12.1 Å². The number of nitrogens with two attached hydrogens (primary N) is 1. The Morgan fingerprint density at radius 1 is 1.32 bits per heavy atom. The zero-order chi connectivity index (χ0) is 13.5. The number of ether oxygens (including phenoxy) is 2. The highest BCUT2D eigenvalue weighted by atomic mass is 16.5. The minimum atomic E-state index is 0.399. The number of rotatable bonds is 7. The molecule has 0 saturated carbocycles. The number of methoxy groups -OCH3 is 1. The fraction of sp³-hybridized carbons (Fsp3) is 0.600. The van der Waals surface area contributed by atoms with Crippen molar-refractivity contribution >= 4 is 0 Å². The lowest BCUT2D eigenvalue weighted by atomic mass is 10.1. The van der Waals surface area contributed by atoms with Gasteiger partial charge >= 0.3 is 0 Å². The molecule has 1 aliphatic heterocycles. The Bertz CT molecular complexity index is 367. The summed E-state index contributed by atoms with van der Waals surface area (Å²) in [7, 11) is 1.79. The molecule has 1 aliphatic rings. The molecule has 1 atom stereocenters. The lowest BCUT2D eigenvalue weighted by Crippen LogP contribution is -2.27. The Kier molecular flexibility index (Phi) is 5.63. The monoisotopic (exact) mass is 264 g/mol. The second-order valence-corrected chi connectivity index (χ2v) is 4.98. The maximum Gasteiger partial charge on any atom is 0.119 e. The predicted molar refractivity (Wildman–Crippen MR) is 76.5 cm³/mol. The molecule has 1 saturated heterocycles. The Hall–Kier alpha value is -1.10. The van der Waals surface area contributed by atoms with E-state index in [9.17, 15) is 0 Å². The average molecular weight is 264 g/mol. The molecule has 1 aromatic carbocycles. The summed E-state index contributed by atoms with van der Waals surface area (Å²) < 4.78 is 11.1. The van der Waals surface area contributed by atoms with E-state index in [1.807, 2.05) is 12.1 Å². The molecule has 0 radical (unpaired) electrons. The van der Waals surface area contributed by atoms with E-state index in [-0.39, 0.29) is 0 Å². The van der Waals surface area contributed by atoms with E-state index in [1.54, 1.807) is 7.11 Å². The third-order valence-electron chi connectivity index (χ3n) is 3.60. The zero-order valence-electron chi connectivity index (χ0n) is 11.7. The van der Waals surface area contributed by atoms with Crippen LogP contribution in [-0.2, 0) is 11.2 Å². The van der Waals surface area contributed by atoms with E-state index in [0.717, 1.165) is 44.8 Å². The lowest BCUT2D eigenvalue weighted by Gasteiger charge is -2.16. The van der Waals surface area contributed by atoms with Crippen LogP contribution in [0.5, 0.6) is 5.75 Å². The van der Waals surface area contributed by atoms with Crippen molar-refractivity contribution in [1.82, 2.24) is 4.90 Å². The van der Waals surface area contributed by atoms with Gasteiger partial charge in [0.15, 0.2) is 0 Å². The molecule has 0 spiro atoms. The van der Waals surface area contributed by atoms with E-state index in [4.69, 9.17) is 15.2 Å². The first-order chi connectivity index (χ1) is 9.31. The molecule has 1 aromatic rings. The molecule has 4 heteroatoms. The third kappa shape index (κ3) is 4.49. The highest BCUT2D eigenvalue weighted by Crippen LogP contribution is 2.14.